The third-order valence-corrected chi connectivity index (χ3v) is 5.38. The van der Waals surface area contributed by atoms with E-state index in [4.69, 9.17) is 10.5 Å². The zero-order valence-corrected chi connectivity index (χ0v) is 16.0. The zero-order chi connectivity index (χ0) is 19.4. The first-order chi connectivity index (χ1) is 12.9. The molecule has 27 heavy (non-hydrogen) atoms. The minimum absolute atomic E-state index is 0.0968. The van der Waals surface area contributed by atoms with Crippen LogP contribution in [0, 0.1) is 5.92 Å². The number of rotatable bonds is 6. The molecule has 0 radical (unpaired) electrons. The Balaban J connectivity index is 1.72. The molecule has 1 aromatic carbocycles. The van der Waals surface area contributed by atoms with Gasteiger partial charge in [0.05, 0.1) is 0 Å². The number of ether oxygens (including phenoxy) is 1. The number of carbonyl (C=O) groups excluding carboxylic acids is 2. The van der Waals surface area contributed by atoms with Gasteiger partial charge in [0.25, 0.3) is 5.91 Å². The van der Waals surface area contributed by atoms with Crippen LogP contribution < -0.4 is 15.8 Å². The number of nitrogens with zero attached hydrogens (tertiary/aromatic N) is 2. The summed E-state index contributed by atoms with van der Waals surface area (Å²) in [7, 11) is 1.66. The standard InChI is InChI=1S/C20H28N4O3/c1-14(25)22-16-8-10-17(11-9-16)27-13-20(12-15-6-4-3-5-7-15)18(26)24(2)19(21)23-20/h8-11,15H,3-7,12-13H2,1-2H3,(H2,21,23)(H,22,25). The smallest absolute Gasteiger partial charge is 0.260 e. The summed E-state index contributed by atoms with van der Waals surface area (Å²) in [5.74, 6) is 1.13. The van der Waals surface area contributed by atoms with Crippen molar-refractivity contribution in [1.29, 1.82) is 0 Å². The molecule has 1 aliphatic heterocycles. The average Bonchev–Trinajstić information content (AvgIpc) is 2.86. The van der Waals surface area contributed by atoms with Gasteiger partial charge < -0.3 is 15.8 Å². The lowest BCUT2D eigenvalue weighted by molar-refractivity contribution is -0.132. The second-order valence-electron chi connectivity index (χ2n) is 7.57. The van der Waals surface area contributed by atoms with E-state index < -0.39 is 5.54 Å². The molecule has 7 nitrogen and oxygen atoms in total. The fourth-order valence-corrected chi connectivity index (χ4v) is 3.95. The maximum Gasteiger partial charge on any atom is 0.260 e. The fourth-order valence-electron chi connectivity index (χ4n) is 3.95. The number of benzene rings is 1. The van der Waals surface area contributed by atoms with Gasteiger partial charge in [-0.3, -0.25) is 14.5 Å². The molecular weight excluding hydrogens is 344 g/mol. The zero-order valence-electron chi connectivity index (χ0n) is 16.0. The van der Waals surface area contributed by atoms with Gasteiger partial charge >= 0.3 is 0 Å². The topological polar surface area (TPSA) is 97.0 Å². The van der Waals surface area contributed by atoms with Crippen molar-refractivity contribution in [1.82, 2.24) is 4.90 Å². The Labute approximate surface area is 160 Å². The second-order valence-corrected chi connectivity index (χ2v) is 7.57. The van der Waals surface area contributed by atoms with Crippen LogP contribution in [0.15, 0.2) is 29.3 Å². The molecule has 0 aromatic heterocycles. The molecule has 3 rings (SSSR count). The van der Waals surface area contributed by atoms with Crippen molar-refractivity contribution < 1.29 is 14.3 Å². The monoisotopic (exact) mass is 372 g/mol. The van der Waals surface area contributed by atoms with Gasteiger partial charge in [-0.1, -0.05) is 32.1 Å². The molecule has 7 heteroatoms. The van der Waals surface area contributed by atoms with Crippen molar-refractivity contribution in [3.8, 4) is 5.75 Å². The van der Waals surface area contributed by atoms with Gasteiger partial charge in [0.2, 0.25) is 5.91 Å². The predicted molar refractivity (Wildman–Crippen MR) is 105 cm³/mol. The Morgan fingerprint density at radius 3 is 2.52 bits per heavy atom. The van der Waals surface area contributed by atoms with Crippen molar-refractivity contribution in [2.24, 2.45) is 16.6 Å². The molecule has 0 spiro atoms. The molecule has 1 aliphatic carbocycles. The van der Waals surface area contributed by atoms with Crippen LogP contribution in [0.4, 0.5) is 5.69 Å². The Morgan fingerprint density at radius 1 is 1.30 bits per heavy atom. The summed E-state index contributed by atoms with van der Waals surface area (Å²) in [6, 6.07) is 7.08. The van der Waals surface area contributed by atoms with Crippen LogP contribution >= 0.6 is 0 Å². The van der Waals surface area contributed by atoms with Crippen LogP contribution in [-0.2, 0) is 9.59 Å². The van der Waals surface area contributed by atoms with E-state index in [1.165, 1.54) is 31.1 Å². The predicted octanol–water partition coefficient (Wildman–Crippen LogP) is 2.52. The maximum absolute atomic E-state index is 12.9. The molecule has 1 unspecified atom stereocenters. The second kappa shape index (κ2) is 7.98. The summed E-state index contributed by atoms with van der Waals surface area (Å²) in [4.78, 5) is 30.0. The Hall–Kier alpha value is -2.57. The van der Waals surface area contributed by atoms with E-state index >= 15 is 0 Å². The third-order valence-electron chi connectivity index (χ3n) is 5.38. The van der Waals surface area contributed by atoms with E-state index in [0.29, 0.717) is 23.8 Å². The van der Waals surface area contributed by atoms with Crippen LogP contribution in [0.3, 0.4) is 0 Å². The Kier molecular flexibility index (Phi) is 5.68. The third kappa shape index (κ3) is 4.40. The van der Waals surface area contributed by atoms with Gasteiger partial charge in [-0.05, 0) is 36.6 Å². The molecule has 146 valence electrons. The highest BCUT2D eigenvalue weighted by molar-refractivity contribution is 6.06. The number of likely N-dealkylation sites (N-methyl/N-ethyl adjacent to an activating group) is 1. The number of carbonyl (C=O) groups is 2. The summed E-state index contributed by atoms with van der Waals surface area (Å²) in [6.45, 7) is 1.62. The van der Waals surface area contributed by atoms with Crippen LogP contribution in [0.2, 0.25) is 0 Å². The first-order valence-electron chi connectivity index (χ1n) is 9.53. The average molecular weight is 372 g/mol. The summed E-state index contributed by atoms with van der Waals surface area (Å²) < 4.78 is 5.94. The van der Waals surface area contributed by atoms with E-state index in [2.05, 4.69) is 10.3 Å². The number of guanidine groups is 1. The molecule has 0 bridgehead atoms. The number of nitrogens with one attached hydrogen (secondary N) is 1. The van der Waals surface area contributed by atoms with E-state index in [-0.39, 0.29) is 24.4 Å². The Bertz CT molecular complexity index is 725. The maximum atomic E-state index is 12.9. The molecule has 1 aromatic rings. The molecule has 3 N–H and O–H groups in total. The highest BCUT2D eigenvalue weighted by atomic mass is 16.5. The van der Waals surface area contributed by atoms with E-state index in [9.17, 15) is 9.59 Å². The minimum atomic E-state index is -0.947. The number of aliphatic imine (C=N–C) groups is 1. The van der Waals surface area contributed by atoms with Gasteiger partial charge in [-0.25, -0.2) is 4.99 Å². The quantitative estimate of drug-likeness (QED) is 0.802. The Morgan fingerprint density at radius 2 is 1.96 bits per heavy atom. The lowest BCUT2D eigenvalue weighted by atomic mass is 9.79. The van der Waals surface area contributed by atoms with Crippen molar-refractivity contribution in [3.63, 3.8) is 0 Å². The molecule has 2 aliphatic rings. The molecule has 1 atom stereocenters. The largest absolute Gasteiger partial charge is 0.490 e. The number of hydrogen-bond acceptors (Lipinski definition) is 5. The van der Waals surface area contributed by atoms with E-state index in [1.54, 1.807) is 31.3 Å². The number of amides is 2. The van der Waals surface area contributed by atoms with Crippen LogP contribution in [0.5, 0.6) is 5.75 Å². The van der Waals surface area contributed by atoms with Crippen molar-refractivity contribution in [3.05, 3.63) is 24.3 Å². The first kappa shape index (κ1) is 19.2. The number of anilines is 1. The number of hydrogen-bond donors (Lipinski definition) is 2. The van der Waals surface area contributed by atoms with Crippen molar-refractivity contribution in [2.75, 3.05) is 19.0 Å². The summed E-state index contributed by atoms with van der Waals surface area (Å²) >= 11 is 0. The normalized spacial score (nSPS) is 23.3. The van der Waals surface area contributed by atoms with Crippen molar-refractivity contribution in [2.45, 2.75) is 51.0 Å². The van der Waals surface area contributed by atoms with Crippen LogP contribution in [-0.4, -0.2) is 41.9 Å². The van der Waals surface area contributed by atoms with E-state index in [1.807, 2.05) is 0 Å². The highest BCUT2D eigenvalue weighted by Gasteiger charge is 2.48. The van der Waals surface area contributed by atoms with Crippen LogP contribution in [0.1, 0.15) is 45.4 Å². The minimum Gasteiger partial charge on any atom is -0.490 e. The van der Waals surface area contributed by atoms with Gasteiger partial charge in [-0.15, -0.1) is 0 Å². The van der Waals surface area contributed by atoms with Gasteiger partial charge in [0.15, 0.2) is 11.5 Å². The SMILES string of the molecule is CC(=O)Nc1ccc(OCC2(CC3CCCCC3)N=C(N)N(C)C2=O)cc1. The van der Waals surface area contributed by atoms with Gasteiger partial charge in [-0.2, -0.15) is 0 Å². The molecule has 2 amide bonds. The van der Waals surface area contributed by atoms with Crippen molar-refractivity contribution >= 4 is 23.5 Å². The van der Waals surface area contributed by atoms with Crippen LogP contribution in [0.25, 0.3) is 0 Å². The summed E-state index contributed by atoms with van der Waals surface area (Å²) in [5, 5.41) is 2.72. The first-order valence-corrected chi connectivity index (χ1v) is 9.53. The lowest BCUT2D eigenvalue weighted by Gasteiger charge is -2.31. The molecular formula is C20H28N4O3. The van der Waals surface area contributed by atoms with Gasteiger partial charge in [0.1, 0.15) is 12.4 Å². The highest BCUT2D eigenvalue weighted by Crippen LogP contribution is 2.36. The molecule has 1 heterocycles. The van der Waals surface area contributed by atoms with Gasteiger partial charge in [0, 0.05) is 19.7 Å². The summed E-state index contributed by atoms with van der Waals surface area (Å²) in [6.07, 6.45) is 6.59. The lowest BCUT2D eigenvalue weighted by Crippen LogP contribution is -2.47. The molecule has 1 saturated carbocycles. The van der Waals surface area contributed by atoms with E-state index in [0.717, 1.165) is 12.8 Å². The fraction of sp³-hybridized carbons (Fsp3) is 0.550. The molecule has 1 fully saturated rings. The number of nitrogens with two attached hydrogens (primary N) is 1. The summed E-state index contributed by atoms with van der Waals surface area (Å²) in [5.41, 5.74) is 5.70. The molecule has 0 saturated heterocycles.